The number of rotatable bonds is 5. The second kappa shape index (κ2) is 7.67. The lowest BCUT2D eigenvalue weighted by Crippen LogP contribution is -2.35. The molecule has 0 aliphatic rings. The molecule has 0 fully saturated rings. The van der Waals surface area contributed by atoms with Gasteiger partial charge in [-0.15, -0.1) is 12.4 Å². The van der Waals surface area contributed by atoms with Crippen LogP contribution in [-0.4, -0.2) is 22.2 Å². The molecule has 5 nitrogen and oxygen atoms in total. The van der Waals surface area contributed by atoms with Crippen LogP contribution in [0.1, 0.15) is 17.2 Å². The molecule has 108 valence electrons. The van der Waals surface area contributed by atoms with Gasteiger partial charge in [-0.2, -0.15) is 5.10 Å². The molecule has 1 aromatic carbocycles. The Morgan fingerprint density at radius 1 is 1.40 bits per heavy atom. The molecule has 1 amide bonds. The molecule has 0 spiro atoms. The highest BCUT2D eigenvalue weighted by Crippen LogP contribution is 2.08. The fourth-order valence-electron chi connectivity index (χ4n) is 1.80. The standard InChI is InChI=1S/C14H18N4O.ClH/c1-11-9-17-18(10-11)8-7-16-14(19)13(15)12-5-3-2-4-6-12;/h2-6,9-10,13H,7-8,15H2,1H3,(H,16,19);1H. The molecule has 0 aliphatic heterocycles. The number of halogens is 1. The van der Waals surface area contributed by atoms with Gasteiger partial charge in [-0.05, 0) is 18.1 Å². The highest BCUT2D eigenvalue weighted by Gasteiger charge is 2.14. The maximum Gasteiger partial charge on any atom is 0.241 e. The Morgan fingerprint density at radius 3 is 2.70 bits per heavy atom. The van der Waals surface area contributed by atoms with Crippen molar-refractivity contribution in [3.8, 4) is 0 Å². The lowest BCUT2D eigenvalue weighted by Gasteiger charge is -2.12. The maximum absolute atomic E-state index is 11.9. The Balaban J connectivity index is 0.00000200. The van der Waals surface area contributed by atoms with E-state index in [0.717, 1.165) is 11.1 Å². The minimum Gasteiger partial charge on any atom is -0.353 e. The van der Waals surface area contributed by atoms with E-state index in [-0.39, 0.29) is 18.3 Å². The molecule has 0 saturated carbocycles. The molecule has 3 N–H and O–H groups in total. The van der Waals surface area contributed by atoms with Gasteiger partial charge in [0, 0.05) is 12.7 Å². The number of nitrogens with zero attached hydrogens (tertiary/aromatic N) is 2. The third-order valence-corrected chi connectivity index (χ3v) is 2.84. The molecule has 1 unspecified atom stereocenters. The fourth-order valence-corrected chi connectivity index (χ4v) is 1.80. The summed E-state index contributed by atoms with van der Waals surface area (Å²) in [5.74, 6) is -0.171. The smallest absolute Gasteiger partial charge is 0.241 e. The van der Waals surface area contributed by atoms with Crippen molar-refractivity contribution in [2.45, 2.75) is 19.5 Å². The molecule has 2 rings (SSSR count). The number of carbonyl (C=O) groups excluding carboxylic acids is 1. The van der Waals surface area contributed by atoms with E-state index in [1.807, 2.05) is 43.5 Å². The summed E-state index contributed by atoms with van der Waals surface area (Å²) < 4.78 is 1.80. The van der Waals surface area contributed by atoms with Gasteiger partial charge in [-0.25, -0.2) is 0 Å². The number of hydrogen-bond acceptors (Lipinski definition) is 3. The molecule has 6 heteroatoms. The Morgan fingerprint density at radius 2 is 2.10 bits per heavy atom. The van der Waals surface area contributed by atoms with Gasteiger partial charge in [0.15, 0.2) is 0 Å². The number of amides is 1. The average molecular weight is 295 g/mol. The lowest BCUT2D eigenvalue weighted by atomic mass is 10.1. The normalized spacial score (nSPS) is 11.5. The molecule has 0 bridgehead atoms. The van der Waals surface area contributed by atoms with Crippen molar-refractivity contribution >= 4 is 18.3 Å². The summed E-state index contributed by atoms with van der Waals surface area (Å²) in [6, 6.07) is 8.71. The van der Waals surface area contributed by atoms with Crippen molar-refractivity contribution in [2.75, 3.05) is 6.54 Å². The predicted molar refractivity (Wildman–Crippen MR) is 80.6 cm³/mol. The quantitative estimate of drug-likeness (QED) is 0.876. The Labute approximate surface area is 124 Å². The van der Waals surface area contributed by atoms with Crippen LogP contribution >= 0.6 is 12.4 Å². The van der Waals surface area contributed by atoms with Crippen molar-refractivity contribution in [1.82, 2.24) is 15.1 Å². The zero-order valence-corrected chi connectivity index (χ0v) is 12.1. The molecule has 0 aliphatic carbocycles. The largest absolute Gasteiger partial charge is 0.353 e. The van der Waals surface area contributed by atoms with Crippen molar-refractivity contribution in [2.24, 2.45) is 5.73 Å². The van der Waals surface area contributed by atoms with Crippen LogP contribution in [0.25, 0.3) is 0 Å². The first-order chi connectivity index (χ1) is 9.16. The van der Waals surface area contributed by atoms with E-state index in [9.17, 15) is 4.79 Å². The van der Waals surface area contributed by atoms with Crippen LogP contribution in [0.15, 0.2) is 42.7 Å². The second-order valence-corrected chi connectivity index (χ2v) is 4.46. The predicted octanol–water partition coefficient (Wildman–Crippen LogP) is 1.43. The van der Waals surface area contributed by atoms with Crippen LogP contribution in [0.3, 0.4) is 0 Å². The SMILES string of the molecule is Cc1cnn(CCNC(=O)C(N)c2ccccc2)c1.Cl. The monoisotopic (exact) mass is 294 g/mol. The summed E-state index contributed by atoms with van der Waals surface area (Å²) >= 11 is 0. The van der Waals surface area contributed by atoms with Gasteiger partial charge >= 0.3 is 0 Å². The molecule has 1 aromatic heterocycles. The number of nitrogens with two attached hydrogens (primary N) is 1. The van der Waals surface area contributed by atoms with E-state index in [4.69, 9.17) is 5.73 Å². The molecule has 1 heterocycles. The fraction of sp³-hybridized carbons (Fsp3) is 0.286. The van der Waals surface area contributed by atoms with E-state index in [2.05, 4.69) is 10.4 Å². The summed E-state index contributed by atoms with van der Waals surface area (Å²) in [7, 11) is 0. The lowest BCUT2D eigenvalue weighted by molar-refractivity contribution is -0.122. The molecular formula is C14H19ClN4O. The van der Waals surface area contributed by atoms with Crippen LogP contribution < -0.4 is 11.1 Å². The first-order valence-corrected chi connectivity index (χ1v) is 6.24. The number of carbonyl (C=O) groups is 1. The molecule has 1 atom stereocenters. The Bertz CT molecular complexity index is 541. The van der Waals surface area contributed by atoms with Crippen LogP contribution in [0.4, 0.5) is 0 Å². The molecule has 2 aromatic rings. The van der Waals surface area contributed by atoms with Crippen molar-refractivity contribution in [3.05, 3.63) is 53.9 Å². The van der Waals surface area contributed by atoms with Crippen LogP contribution in [0.2, 0.25) is 0 Å². The molecule has 20 heavy (non-hydrogen) atoms. The maximum atomic E-state index is 11.9. The number of aryl methyl sites for hydroxylation is 1. The van der Waals surface area contributed by atoms with Gasteiger partial charge < -0.3 is 11.1 Å². The van der Waals surface area contributed by atoms with Gasteiger partial charge in [0.2, 0.25) is 5.91 Å². The summed E-state index contributed by atoms with van der Waals surface area (Å²) in [6.07, 6.45) is 3.72. The summed E-state index contributed by atoms with van der Waals surface area (Å²) in [5.41, 5.74) is 7.81. The molecule has 0 radical (unpaired) electrons. The third kappa shape index (κ3) is 4.36. The Hall–Kier alpha value is -1.85. The van der Waals surface area contributed by atoms with Gasteiger partial charge in [0.25, 0.3) is 0 Å². The van der Waals surface area contributed by atoms with Crippen LogP contribution in [0, 0.1) is 6.92 Å². The van der Waals surface area contributed by atoms with E-state index in [0.29, 0.717) is 13.1 Å². The first kappa shape index (κ1) is 16.2. The second-order valence-electron chi connectivity index (χ2n) is 4.46. The van der Waals surface area contributed by atoms with E-state index in [1.54, 1.807) is 10.9 Å². The number of hydrogen-bond donors (Lipinski definition) is 2. The highest BCUT2D eigenvalue weighted by molar-refractivity contribution is 5.85. The minimum absolute atomic E-state index is 0. The van der Waals surface area contributed by atoms with Gasteiger partial charge in [0.05, 0.1) is 12.7 Å². The molecule has 0 saturated heterocycles. The van der Waals surface area contributed by atoms with Crippen molar-refractivity contribution in [3.63, 3.8) is 0 Å². The van der Waals surface area contributed by atoms with E-state index in [1.165, 1.54) is 0 Å². The zero-order chi connectivity index (χ0) is 13.7. The van der Waals surface area contributed by atoms with Crippen molar-refractivity contribution in [1.29, 1.82) is 0 Å². The molecular weight excluding hydrogens is 276 g/mol. The Kier molecular flexibility index (Phi) is 6.21. The summed E-state index contributed by atoms with van der Waals surface area (Å²) in [5, 5.41) is 6.96. The van der Waals surface area contributed by atoms with Crippen molar-refractivity contribution < 1.29 is 4.79 Å². The van der Waals surface area contributed by atoms with Gasteiger partial charge in [-0.1, -0.05) is 30.3 Å². The summed E-state index contributed by atoms with van der Waals surface area (Å²) in [4.78, 5) is 11.9. The number of nitrogens with one attached hydrogen (secondary N) is 1. The van der Waals surface area contributed by atoms with Crippen LogP contribution in [0.5, 0.6) is 0 Å². The van der Waals surface area contributed by atoms with Gasteiger partial charge in [0.1, 0.15) is 6.04 Å². The first-order valence-electron chi connectivity index (χ1n) is 6.24. The highest BCUT2D eigenvalue weighted by atomic mass is 35.5. The van der Waals surface area contributed by atoms with Crippen LogP contribution in [-0.2, 0) is 11.3 Å². The average Bonchev–Trinajstić information content (AvgIpc) is 2.84. The number of benzene rings is 1. The van der Waals surface area contributed by atoms with E-state index < -0.39 is 6.04 Å². The topological polar surface area (TPSA) is 72.9 Å². The van der Waals surface area contributed by atoms with Gasteiger partial charge in [-0.3, -0.25) is 9.48 Å². The minimum atomic E-state index is -0.624. The summed E-state index contributed by atoms with van der Waals surface area (Å²) in [6.45, 7) is 3.13. The third-order valence-electron chi connectivity index (χ3n) is 2.84. The van der Waals surface area contributed by atoms with E-state index >= 15 is 0 Å². The zero-order valence-electron chi connectivity index (χ0n) is 11.3. The number of aromatic nitrogens is 2.